The maximum Gasteiger partial charge on any atom is 0.339 e. The van der Waals surface area contributed by atoms with Gasteiger partial charge < -0.3 is 13.3 Å². The van der Waals surface area contributed by atoms with E-state index in [0.717, 1.165) is 0 Å². The monoisotopic (exact) mass is 432 g/mol. The number of nitrogens with zero attached hydrogens (tertiary/aromatic N) is 2. The van der Waals surface area contributed by atoms with Gasteiger partial charge >= 0.3 is 10.1 Å². The normalized spacial score (nSPS) is 11.8. The number of hydrogen-bond donors (Lipinski definition) is 0. The molecule has 1 aromatic heterocycles. The fraction of sp³-hybridized carbons (Fsp3) is 0.0435. The fourth-order valence-electron chi connectivity index (χ4n) is 2.89. The molecule has 0 aliphatic rings. The molecule has 0 amide bonds. The van der Waals surface area contributed by atoms with Gasteiger partial charge in [-0.15, -0.1) is 0 Å². The lowest BCUT2D eigenvalue weighted by Crippen LogP contribution is -2.10. The van der Waals surface area contributed by atoms with Gasteiger partial charge in [0.05, 0.1) is 7.11 Å². The molecule has 0 atom stereocenters. The summed E-state index contributed by atoms with van der Waals surface area (Å²) >= 11 is 0. The van der Waals surface area contributed by atoms with Crippen LogP contribution in [0.1, 0.15) is 11.5 Å². The first-order valence-electron chi connectivity index (χ1n) is 9.15. The number of benzene rings is 3. The SMILES string of the molecule is COc1cc(/C=C(\C#N)c2nc3ccccc3o2)ccc1OS(=O)(=O)c1ccccc1. The van der Waals surface area contributed by atoms with E-state index in [4.69, 9.17) is 13.3 Å². The van der Waals surface area contributed by atoms with Crippen molar-refractivity contribution in [3.63, 3.8) is 0 Å². The van der Waals surface area contributed by atoms with Crippen molar-refractivity contribution in [2.45, 2.75) is 4.90 Å². The molecule has 8 heteroatoms. The van der Waals surface area contributed by atoms with Crippen LogP contribution < -0.4 is 8.92 Å². The van der Waals surface area contributed by atoms with Crippen LogP contribution in [0.4, 0.5) is 0 Å². The molecular weight excluding hydrogens is 416 g/mol. The Morgan fingerprint density at radius 2 is 1.77 bits per heavy atom. The van der Waals surface area contributed by atoms with Crippen LogP contribution >= 0.6 is 0 Å². The average Bonchev–Trinajstić information content (AvgIpc) is 3.22. The molecule has 0 bridgehead atoms. The highest BCUT2D eigenvalue weighted by atomic mass is 32.2. The van der Waals surface area contributed by atoms with Crippen LogP contribution in [0.2, 0.25) is 0 Å². The maximum atomic E-state index is 12.5. The second kappa shape index (κ2) is 8.34. The molecular formula is C23H16N2O5S. The van der Waals surface area contributed by atoms with Gasteiger partial charge in [0.15, 0.2) is 17.1 Å². The summed E-state index contributed by atoms with van der Waals surface area (Å²) in [6, 6.07) is 21.7. The number of nitriles is 1. The van der Waals surface area contributed by atoms with Crippen LogP contribution in [0.3, 0.4) is 0 Å². The van der Waals surface area contributed by atoms with Gasteiger partial charge in [-0.2, -0.15) is 13.7 Å². The minimum absolute atomic E-state index is 0.0313. The van der Waals surface area contributed by atoms with Crippen LogP contribution in [-0.4, -0.2) is 20.5 Å². The van der Waals surface area contributed by atoms with Gasteiger partial charge in [-0.1, -0.05) is 36.4 Å². The molecule has 0 spiro atoms. The highest BCUT2D eigenvalue weighted by Crippen LogP contribution is 2.32. The average molecular weight is 432 g/mol. The molecule has 4 aromatic rings. The minimum atomic E-state index is -4.02. The van der Waals surface area contributed by atoms with Crippen molar-refractivity contribution in [1.82, 2.24) is 4.98 Å². The lowest BCUT2D eigenvalue weighted by atomic mass is 10.1. The molecule has 0 unspecified atom stereocenters. The van der Waals surface area contributed by atoms with Crippen molar-refractivity contribution in [3.8, 4) is 17.6 Å². The third-order valence-electron chi connectivity index (χ3n) is 4.37. The standard InChI is InChI=1S/C23H16N2O5S/c1-28-22-14-16(11-12-21(22)30-31(26,27)18-7-3-2-4-8-18)13-17(15-24)23-25-19-9-5-6-10-20(19)29-23/h2-14H,1H3/b17-13+. The third kappa shape index (κ3) is 4.27. The Hall–Kier alpha value is -4.09. The number of ether oxygens (including phenoxy) is 1. The first-order chi connectivity index (χ1) is 15.0. The Kier molecular flexibility index (Phi) is 5.43. The second-order valence-electron chi connectivity index (χ2n) is 6.42. The molecule has 154 valence electrons. The Bertz CT molecular complexity index is 1380. The van der Waals surface area contributed by atoms with Crippen LogP contribution in [-0.2, 0) is 10.1 Å². The number of oxazole rings is 1. The van der Waals surface area contributed by atoms with Gasteiger partial charge in [-0.05, 0) is 48.0 Å². The highest BCUT2D eigenvalue weighted by molar-refractivity contribution is 7.87. The fourth-order valence-corrected chi connectivity index (χ4v) is 3.85. The smallest absolute Gasteiger partial charge is 0.339 e. The van der Waals surface area contributed by atoms with E-state index in [9.17, 15) is 13.7 Å². The molecule has 7 nitrogen and oxygen atoms in total. The van der Waals surface area contributed by atoms with Crippen molar-refractivity contribution in [2.75, 3.05) is 7.11 Å². The largest absolute Gasteiger partial charge is 0.493 e. The van der Waals surface area contributed by atoms with E-state index in [-0.39, 0.29) is 27.9 Å². The van der Waals surface area contributed by atoms with Gasteiger partial charge in [0.2, 0.25) is 5.89 Å². The molecule has 0 N–H and O–H groups in total. The van der Waals surface area contributed by atoms with Crippen LogP contribution in [0.15, 0.2) is 82.1 Å². The lowest BCUT2D eigenvalue weighted by molar-refractivity contribution is 0.390. The summed E-state index contributed by atoms with van der Waals surface area (Å²) in [7, 11) is -2.62. The van der Waals surface area contributed by atoms with E-state index in [0.29, 0.717) is 16.7 Å². The number of aromatic nitrogens is 1. The molecule has 1 heterocycles. The zero-order valence-corrected chi connectivity index (χ0v) is 17.2. The summed E-state index contributed by atoms with van der Waals surface area (Å²) in [5.74, 6) is 0.418. The number of hydrogen-bond acceptors (Lipinski definition) is 7. The summed E-state index contributed by atoms with van der Waals surface area (Å²) in [6.07, 6.45) is 1.57. The predicted octanol–water partition coefficient (Wildman–Crippen LogP) is 4.67. The van der Waals surface area contributed by atoms with Crippen LogP contribution in [0.5, 0.6) is 11.5 Å². The van der Waals surface area contributed by atoms with Gasteiger partial charge in [-0.25, -0.2) is 4.98 Å². The first kappa shape index (κ1) is 20.2. The Morgan fingerprint density at radius 1 is 1.03 bits per heavy atom. The van der Waals surface area contributed by atoms with Gasteiger partial charge in [0, 0.05) is 0 Å². The molecule has 31 heavy (non-hydrogen) atoms. The number of allylic oxidation sites excluding steroid dienone is 1. The van der Waals surface area contributed by atoms with Gasteiger partial charge in [-0.3, -0.25) is 0 Å². The van der Waals surface area contributed by atoms with Crippen molar-refractivity contribution in [2.24, 2.45) is 0 Å². The van der Waals surface area contributed by atoms with Gasteiger partial charge in [0.1, 0.15) is 22.1 Å². The second-order valence-corrected chi connectivity index (χ2v) is 7.96. The number of fused-ring (bicyclic) bond motifs is 1. The third-order valence-corrected chi connectivity index (χ3v) is 5.62. The van der Waals surface area contributed by atoms with Crippen molar-refractivity contribution >= 4 is 32.9 Å². The molecule has 0 aliphatic heterocycles. The zero-order valence-electron chi connectivity index (χ0n) is 16.3. The Balaban J connectivity index is 1.66. The summed E-state index contributed by atoms with van der Waals surface area (Å²) in [5.41, 5.74) is 2.01. The van der Waals surface area contributed by atoms with E-state index >= 15 is 0 Å². The summed E-state index contributed by atoms with van der Waals surface area (Å²) in [6.45, 7) is 0. The lowest BCUT2D eigenvalue weighted by Gasteiger charge is -2.11. The predicted molar refractivity (Wildman–Crippen MR) is 115 cm³/mol. The molecule has 0 fully saturated rings. The molecule has 0 radical (unpaired) electrons. The van der Waals surface area contributed by atoms with E-state index in [1.165, 1.54) is 25.3 Å². The quantitative estimate of drug-likeness (QED) is 0.322. The summed E-state index contributed by atoms with van der Waals surface area (Å²) < 4.78 is 41.2. The molecule has 0 saturated heterocycles. The maximum absolute atomic E-state index is 12.5. The number of para-hydroxylation sites is 2. The zero-order chi connectivity index (χ0) is 21.8. The van der Waals surface area contributed by atoms with E-state index in [1.807, 2.05) is 12.1 Å². The van der Waals surface area contributed by atoms with Crippen LogP contribution in [0.25, 0.3) is 22.7 Å². The summed E-state index contributed by atoms with van der Waals surface area (Å²) in [4.78, 5) is 4.36. The van der Waals surface area contributed by atoms with E-state index < -0.39 is 10.1 Å². The number of methoxy groups -OCH3 is 1. The molecule has 0 saturated carbocycles. The van der Waals surface area contributed by atoms with Crippen LogP contribution in [0, 0.1) is 11.3 Å². The molecule has 4 rings (SSSR count). The van der Waals surface area contributed by atoms with E-state index in [2.05, 4.69) is 11.1 Å². The topological polar surface area (TPSA) is 102 Å². The van der Waals surface area contributed by atoms with E-state index in [1.54, 1.807) is 48.5 Å². The number of rotatable bonds is 6. The van der Waals surface area contributed by atoms with Crippen molar-refractivity contribution in [1.29, 1.82) is 5.26 Å². The van der Waals surface area contributed by atoms with Gasteiger partial charge in [0.25, 0.3) is 0 Å². The molecule has 3 aromatic carbocycles. The summed E-state index contributed by atoms with van der Waals surface area (Å²) in [5, 5.41) is 9.57. The van der Waals surface area contributed by atoms with Crippen molar-refractivity contribution < 1.29 is 21.8 Å². The minimum Gasteiger partial charge on any atom is -0.493 e. The Labute approximate surface area is 178 Å². The Morgan fingerprint density at radius 3 is 2.48 bits per heavy atom. The highest BCUT2D eigenvalue weighted by Gasteiger charge is 2.19. The van der Waals surface area contributed by atoms with Crippen molar-refractivity contribution in [3.05, 3.63) is 84.3 Å². The first-order valence-corrected chi connectivity index (χ1v) is 10.6. The molecule has 0 aliphatic carbocycles.